The summed E-state index contributed by atoms with van der Waals surface area (Å²) in [5, 5.41) is 4.70. The van der Waals surface area contributed by atoms with Crippen molar-refractivity contribution in [2.75, 3.05) is 11.9 Å². The van der Waals surface area contributed by atoms with Gasteiger partial charge in [-0.15, -0.1) is 0 Å². The van der Waals surface area contributed by atoms with Gasteiger partial charge in [0.05, 0.1) is 5.52 Å². The first-order valence-electron chi connectivity index (χ1n) is 5.89. The molecule has 0 aliphatic heterocycles. The minimum atomic E-state index is 0.701. The highest BCUT2D eigenvalue weighted by Crippen LogP contribution is 2.21. The predicted octanol–water partition coefficient (Wildman–Crippen LogP) is 3.69. The van der Waals surface area contributed by atoms with Crippen molar-refractivity contribution in [1.29, 1.82) is 0 Å². The van der Waals surface area contributed by atoms with Gasteiger partial charge in [-0.1, -0.05) is 38.5 Å². The van der Waals surface area contributed by atoms with E-state index in [-0.39, 0.29) is 0 Å². The van der Waals surface area contributed by atoms with Crippen LogP contribution in [0, 0.1) is 5.92 Å². The molecule has 0 aliphatic carbocycles. The molecule has 0 amide bonds. The maximum atomic E-state index is 4.35. The smallest absolute Gasteiger partial charge is 0.0722 e. The van der Waals surface area contributed by atoms with Crippen molar-refractivity contribution in [1.82, 2.24) is 4.98 Å². The number of hydrogen-bond acceptors (Lipinski definition) is 2. The van der Waals surface area contributed by atoms with Crippen molar-refractivity contribution in [3.8, 4) is 0 Å². The summed E-state index contributed by atoms with van der Waals surface area (Å²) in [4.78, 5) is 4.35. The van der Waals surface area contributed by atoms with Crippen molar-refractivity contribution in [3.63, 3.8) is 0 Å². The highest BCUT2D eigenvalue weighted by atomic mass is 14.9. The van der Waals surface area contributed by atoms with E-state index in [2.05, 4.69) is 36.3 Å². The lowest BCUT2D eigenvalue weighted by atomic mass is 10.1. The topological polar surface area (TPSA) is 24.9 Å². The molecule has 0 spiro atoms. The Kier molecular flexibility index (Phi) is 3.40. The molecular formula is C14H18N2. The Bertz CT molecular complexity index is 460. The SMILES string of the molecule is CCC(C)CNc1ccnc2ccccc12. The summed E-state index contributed by atoms with van der Waals surface area (Å²) in [7, 11) is 0. The molecule has 0 fully saturated rings. The minimum absolute atomic E-state index is 0.701. The zero-order valence-corrected chi connectivity index (χ0v) is 9.90. The second kappa shape index (κ2) is 4.97. The quantitative estimate of drug-likeness (QED) is 0.839. The van der Waals surface area contributed by atoms with Gasteiger partial charge in [0.25, 0.3) is 0 Å². The van der Waals surface area contributed by atoms with Crippen LogP contribution in [0.2, 0.25) is 0 Å². The molecule has 0 saturated carbocycles. The fourth-order valence-corrected chi connectivity index (χ4v) is 1.68. The monoisotopic (exact) mass is 214 g/mol. The van der Waals surface area contributed by atoms with Crippen molar-refractivity contribution in [2.24, 2.45) is 5.92 Å². The number of nitrogens with zero attached hydrogens (tertiary/aromatic N) is 1. The van der Waals surface area contributed by atoms with E-state index in [1.165, 1.54) is 17.5 Å². The van der Waals surface area contributed by atoms with E-state index >= 15 is 0 Å². The Morgan fingerprint density at radius 3 is 2.88 bits per heavy atom. The van der Waals surface area contributed by atoms with Crippen LogP contribution in [-0.4, -0.2) is 11.5 Å². The molecule has 2 heteroatoms. The Balaban J connectivity index is 2.23. The third-order valence-corrected chi connectivity index (χ3v) is 2.99. The first kappa shape index (κ1) is 10.9. The summed E-state index contributed by atoms with van der Waals surface area (Å²) in [6.07, 6.45) is 3.07. The third kappa shape index (κ3) is 2.32. The third-order valence-electron chi connectivity index (χ3n) is 2.99. The Hall–Kier alpha value is -1.57. The number of aromatic nitrogens is 1. The summed E-state index contributed by atoms with van der Waals surface area (Å²) in [5.41, 5.74) is 2.24. The van der Waals surface area contributed by atoms with Gasteiger partial charge in [-0.2, -0.15) is 0 Å². The maximum absolute atomic E-state index is 4.35. The summed E-state index contributed by atoms with van der Waals surface area (Å²) in [6, 6.07) is 10.3. The summed E-state index contributed by atoms with van der Waals surface area (Å²) < 4.78 is 0. The zero-order valence-electron chi connectivity index (χ0n) is 9.90. The van der Waals surface area contributed by atoms with Gasteiger partial charge in [0.2, 0.25) is 0 Å². The van der Waals surface area contributed by atoms with Gasteiger partial charge in [0, 0.05) is 23.8 Å². The molecule has 2 aromatic rings. The van der Waals surface area contributed by atoms with Gasteiger partial charge in [0.15, 0.2) is 0 Å². The van der Waals surface area contributed by atoms with Crippen LogP contribution in [0.3, 0.4) is 0 Å². The predicted molar refractivity (Wildman–Crippen MR) is 69.7 cm³/mol. The van der Waals surface area contributed by atoms with Crippen LogP contribution < -0.4 is 5.32 Å². The van der Waals surface area contributed by atoms with Crippen molar-refractivity contribution in [3.05, 3.63) is 36.5 Å². The van der Waals surface area contributed by atoms with Crippen molar-refractivity contribution >= 4 is 16.6 Å². The second-order valence-corrected chi connectivity index (χ2v) is 4.27. The summed E-state index contributed by atoms with van der Waals surface area (Å²) in [6.45, 7) is 5.50. The summed E-state index contributed by atoms with van der Waals surface area (Å²) >= 11 is 0. The van der Waals surface area contributed by atoms with Gasteiger partial charge in [-0.05, 0) is 18.1 Å². The molecule has 1 N–H and O–H groups in total. The van der Waals surface area contributed by atoms with Gasteiger partial charge in [-0.3, -0.25) is 4.98 Å². The second-order valence-electron chi connectivity index (χ2n) is 4.27. The Morgan fingerprint density at radius 1 is 1.25 bits per heavy atom. The first-order chi connectivity index (χ1) is 7.81. The molecule has 1 aromatic carbocycles. The number of para-hydroxylation sites is 1. The number of rotatable bonds is 4. The van der Waals surface area contributed by atoms with Gasteiger partial charge >= 0.3 is 0 Å². The normalized spacial score (nSPS) is 12.6. The minimum Gasteiger partial charge on any atom is -0.384 e. The van der Waals surface area contributed by atoms with Crippen LogP contribution >= 0.6 is 0 Å². The van der Waals surface area contributed by atoms with E-state index < -0.39 is 0 Å². The molecule has 16 heavy (non-hydrogen) atoms. The van der Waals surface area contributed by atoms with Crippen LogP contribution in [0.1, 0.15) is 20.3 Å². The molecule has 0 aliphatic rings. The lowest BCUT2D eigenvalue weighted by molar-refractivity contribution is 0.594. The number of fused-ring (bicyclic) bond motifs is 1. The maximum Gasteiger partial charge on any atom is 0.0722 e. The standard InChI is InChI=1S/C14H18N2/c1-3-11(2)10-16-14-8-9-15-13-7-5-4-6-12(13)14/h4-9,11H,3,10H2,1-2H3,(H,15,16). The Labute approximate surface area is 96.7 Å². The zero-order chi connectivity index (χ0) is 11.4. The molecule has 1 heterocycles. The van der Waals surface area contributed by atoms with Gasteiger partial charge in [0.1, 0.15) is 0 Å². The molecule has 1 unspecified atom stereocenters. The lowest BCUT2D eigenvalue weighted by Crippen LogP contribution is -2.10. The molecule has 2 rings (SSSR count). The highest BCUT2D eigenvalue weighted by Gasteiger charge is 2.02. The molecule has 1 atom stereocenters. The summed E-state index contributed by atoms with van der Waals surface area (Å²) in [5.74, 6) is 0.701. The van der Waals surface area contributed by atoms with Crippen LogP contribution in [0.4, 0.5) is 5.69 Å². The van der Waals surface area contributed by atoms with Crippen LogP contribution in [0.25, 0.3) is 10.9 Å². The number of anilines is 1. The first-order valence-corrected chi connectivity index (χ1v) is 5.89. The fraction of sp³-hybridized carbons (Fsp3) is 0.357. The van der Waals surface area contributed by atoms with Crippen LogP contribution in [0.15, 0.2) is 36.5 Å². The van der Waals surface area contributed by atoms with E-state index in [0.717, 1.165) is 12.1 Å². The molecular weight excluding hydrogens is 196 g/mol. The fourth-order valence-electron chi connectivity index (χ4n) is 1.68. The molecule has 84 valence electrons. The molecule has 0 saturated heterocycles. The lowest BCUT2D eigenvalue weighted by Gasteiger charge is -2.12. The number of benzene rings is 1. The average Bonchev–Trinajstić information content (AvgIpc) is 2.35. The van der Waals surface area contributed by atoms with Crippen LogP contribution in [0.5, 0.6) is 0 Å². The van der Waals surface area contributed by atoms with E-state index in [1.807, 2.05) is 24.4 Å². The molecule has 1 aromatic heterocycles. The largest absolute Gasteiger partial charge is 0.384 e. The number of hydrogen-bond donors (Lipinski definition) is 1. The van der Waals surface area contributed by atoms with E-state index in [4.69, 9.17) is 0 Å². The van der Waals surface area contributed by atoms with E-state index in [1.54, 1.807) is 0 Å². The number of pyridine rings is 1. The van der Waals surface area contributed by atoms with Gasteiger partial charge < -0.3 is 5.32 Å². The van der Waals surface area contributed by atoms with Gasteiger partial charge in [-0.25, -0.2) is 0 Å². The van der Waals surface area contributed by atoms with E-state index in [9.17, 15) is 0 Å². The van der Waals surface area contributed by atoms with Crippen LogP contribution in [-0.2, 0) is 0 Å². The Morgan fingerprint density at radius 2 is 2.06 bits per heavy atom. The number of nitrogens with one attached hydrogen (secondary N) is 1. The van der Waals surface area contributed by atoms with E-state index in [0.29, 0.717) is 5.92 Å². The van der Waals surface area contributed by atoms with Crippen molar-refractivity contribution in [2.45, 2.75) is 20.3 Å². The molecule has 0 bridgehead atoms. The van der Waals surface area contributed by atoms with Crippen molar-refractivity contribution < 1.29 is 0 Å². The highest BCUT2D eigenvalue weighted by molar-refractivity contribution is 5.90. The molecule has 0 radical (unpaired) electrons. The average molecular weight is 214 g/mol. The molecule has 2 nitrogen and oxygen atoms in total.